The Morgan fingerprint density at radius 2 is 2.12 bits per heavy atom. The molecule has 3 rings (SSSR count). The minimum Gasteiger partial charge on any atom is -0.312 e. The lowest BCUT2D eigenvalue weighted by atomic mass is 9.96. The largest absolute Gasteiger partial charge is 0.312 e. The lowest BCUT2D eigenvalue weighted by Gasteiger charge is -2.09. The summed E-state index contributed by atoms with van der Waals surface area (Å²) in [4.78, 5) is 24.0. The number of aryl methyl sites for hydroxylation is 2. The van der Waals surface area contributed by atoms with Crippen molar-refractivity contribution in [1.29, 1.82) is 5.26 Å². The van der Waals surface area contributed by atoms with E-state index in [9.17, 15) is 20.2 Å². The molecule has 0 bridgehead atoms. The number of benzene rings is 1. The molecule has 6 nitrogen and oxygen atoms in total. The van der Waals surface area contributed by atoms with E-state index in [1.807, 2.05) is 0 Å². The molecule has 1 aromatic heterocycles. The zero-order valence-electron chi connectivity index (χ0n) is 13.1. The lowest BCUT2D eigenvalue weighted by molar-refractivity contribution is -0.385. The van der Waals surface area contributed by atoms with Crippen molar-refractivity contribution in [2.24, 2.45) is 0 Å². The van der Waals surface area contributed by atoms with Crippen molar-refractivity contribution in [2.45, 2.75) is 32.6 Å². The molecule has 0 atom stereocenters. The number of nitro groups is 1. The first kappa shape index (κ1) is 16.1. The van der Waals surface area contributed by atoms with Crippen molar-refractivity contribution in [3.8, 4) is 6.07 Å². The van der Waals surface area contributed by atoms with Crippen molar-refractivity contribution < 1.29 is 9.72 Å². The summed E-state index contributed by atoms with van der Waals surface area (Å²) in [6.07, 6.45) is 3.99. The number of thiophene rings is 1. The molecule has 1 aliphatic rings. The molecule has 1 amide bonds. The molecule has 24 heavy (non-hydrogen) atoms. The smallest absolute Gasteiger partial charge is 0.272 e. The van der Waals surface area contributed by atoms with Gasteiger partial charge in [-0.3, -0.25) is 14.9 Å². The highest BCUT2D eigenvalue weighted by Gasteiger charge is 2.22. The third kappa shape index (κ3) is 2.88. The Balaban J connectivity index is 1.88. The van der Waals surface area contributed by atoms with Crippen molar-refractivity contribution in [3.05, 3.63) is 55.4 Å². The van der Waals surface area contributed by atoms with Gasteiger partial charge in [-0.25, -0.2) is 0 Å². The van der Waals surface area contributed by atoms with Crippen LogP contribution in [0.1, 0.15) is 44.8 Å². The van der Waals surface area contributed by atoms with Gasteiger partial charge >= 0.3 is 0 Å². The summed E-state index contributed by atoms with van der Waals surface area (Å²) in [6.45, 7) is 1.60. The van der Waals surface area contributed by atoms with Crippen LogP contribution in [0.4, 0.5) is 10.7 Å². The number of rotatable bonds is 3. The van der Waals surface area contributed by atoms with Crippen LogP contribution in [0.25, 0.3) is 0 Å². The molecule has 1 aliphatic carbocycles. The summed E-state index contributed by atoms with van der Waals surface area (Å²) in [6, 6.07) is 6.45. The van der Waals surface area contributed by atoms with Crippen LogP contribution in [0, 0.1) is 28.4 Å². The molecular formula is C17H15N3O3S. The van der Waals surface area contributed by atoms with Crippen LogP contribution in [0.15, 0.2) is 18.2 Å². The first-order valence-corrected chi connectivity index (χ1v) is 8.44. The molecule has 0 unspecified atom stereocenters. The fourth-order valence-electron chi connectivity index (χ4n) is 2.95. The number of carbonyl (C=O) groups excluding carboxylic acids is 1. The topological polar surface area (TPSA) is 96.0 Å². The summed E-state index contributed by atoms with van der Waals surface area (Å²) in [5.41, 5.74) is 2.37. The summed E-state index contributed by atoms with van der Waals surface area (Å²) in [7, 11) is 0. The predicted molar refractivity (Wildman–Crippen MR) is 91.5 cm³/mol. The van der Waals surface area contributed by atoms with Gasteiger partial charge in [0.15, 0.2) is 0 Å². The zero-order chi connectivity index (χ0) is 17.3. The Hall–Kier alpha value is -2.72. The quantitative estimate of drug-likeness (QED) is 0.675. The standard InChI is InChI=1S/C17H15N3O3S/c1-10-8-11(6-7-14(10)20(22)23)16(21)19-17-13(9-18)12-4-2-3-5-15(12)24-17/h6-8H,2-5H2,1H3,(H,19,21). The van der Waals surface area contributed by atoms with Gasteiger partial charge in [0.25, 0.3) is 11.6 Å². The number of anilines is 1. The maximum Gasteiger partial charge on any atom is 0.272 e. The second-order valence-corrected chi connectivity index (χ2v) is 6.84. The number of hydrogen-bond donors (Lipinski definition) is 1. The fraction of sp³-hybridized carbons (Fsp3) is 0.294. The first-order chi connectivity index (χ1) is 11.5. The van der Waals surface area contributed by atoms with Crippen LogP contribution in [-0.4, -0.2) is 10.8 Å². The molecule has 0 fully saturated rings. The molecular weight excluding hydrogens is 326 g/mol. The maximum absolute atomic E-state index is 12.4. The normalized spacial score (nSPS) is 13.0. The molecule has 0 radical (unpaired) electrons. The van der Waals surface area contributed by atoms with E-state index >= 15 is 0 Å². The highest BCUT2D eigenvalue weighted by Crippen LogP contribution is 2.37. The van der Waals surface area contributed by atoms with E-state index in [1.54, 1.807) is 6.92 Å². The van der Waals surface area contributed by atoms with E-state index in [0.717, 1.165) is 31.2 Å². The molecule has 0 saturated heterocycles. The highest BCUT2D eigenvalue weighted by atomic mass is 32.1. The summed E-state index contributed by atoms with van der Waals surface area (Å²) < 4.78 is 0. The van der Waals surface area contributed by atoms with Gasteiger partial charge in [0.2, 0.25) is 0 Å². The number of fused-ring (bicyclic) bond motifs is 1. The average molecular weight is 341 g/mol. The number of nitro benzene ring substituents is 1. The van der Waals surface area contributed by atoms with E-state index in [-0.39, 0.29) is 11.6 Å². The van der Waals surface area contributed by atoms with Gasteiger partial charge in [-0.1, -0.05) is 0 Å². The Kier molecular flexibility index (Phi) is 4.32. The SMILES string of the molecule is Cc1cc(C(=O)Nc2sc3c(c2C#N)CCCC3)ccc1[N+](=O)[O-]. The number of amides is 1. The van der Waals surface area contributed by atoms with E-state index in [0.29, 0.717) is 21.7 Å². The van der Waals surface area contributed by atoms with Gasteiger partial charge in [0, 0.05) is 22.1 Å². The summed E-state index contributed by atoms with van der Waals surface area (Å²) in [5, 5.41) is 23.7. The van der Waals surface area contributed by atoms with Crippen LogP contribution < -0.4 is 5.32 Å². The summed E-state index contributed by atoms with van der Waals surface area (Å²) >= 11 is 1.46. The molecule has 0 aliphatic heterocycles. The number of nitrogens with zero attached hydrogens (tertiary/aromatic N) is 2. The van der Waals surface area contributed by atoms with Crippen molar-refractivity contribution in [2.75, 3.05) is 5.32 Å². The number of nitrogens with one attached hydrogen (secondary N) is 1. The van der Waals surface area contributed by atoms with Crippen LogP contribution >= 0.6 is 11.3 Å². The van der Waals surface area contributed by atoms with Gasteiger partial charge in [0.05, 0.1) is 10.5 Å². The van der Waals surface area contributed by atoms with E-state index < -0.39 is 4.92 Å². The minimum absolute atomic E-state index is 0.0177. The Bertz CT molecular complexity index is 880. The van der Waals surface area contributed by atoms with Crippen LogP contribution in [-0.2, 0) is 12.8 Å². The Labute approximate surface area is 142 Å². The third-order valence-electron chi connectivity index (χ3n) is 4.17. The molecule has 7 heteroatoms. The summed E-state index contributed by atoms with van der Waals surface area (Å²) in [5.74, 6) is -0.358. The monoisotopic (exact) mass is 341 g/mol. The lowest BCUT2D eigenvalue weighted by Crippen LogP contribution is -2.12. The van der Waals surface area contributed by atoms with Gasteiger partial charge in [0.1, 0.15) is 11.1 Å². The van der Waals surface area contributed by atoms with Gasteiger partial charge in [-0.05, 0) is 50.3 Å². The van der Waals surface area contributed by atoms with Gasteiger partial charge in [-0.2, -0.15) is 5.26 Å². The molecule has 122 valence electrons. The first-order valence-electron chi connectivity index (χ1n) is 7.62. The van der Waals surface area contributed by atoms with Crippen molar-refractivity contribution in [1.82, 2.24) is 0 Å². The van der Waals surface area contributed by atoms with E-state index in [1.165, 1.54) is 34.4 Å². The second-order valence-electron chi connectivity index (χ2n) is 5.74. The number of nitriles is 1. The van der Waals surface area contributed by atoms with E-state index in [2.05, 4.69) is 11.4 Å². The molecule has 0 saturated carbocycles. The van der Waals surface area contributed by atoms with Crippen molar-refractivity contribution >= 4 is 27.9 Å². The molecule has 1 heterocycles. The number of carbonyl (C=O) groups is 1. The Morgan fingerprint density at radius 3 is 2.79 bits per heavy atom. The maximum atomic E-state index is 12.4. The van der Waals surface area contributed by atoms with Crippen molar-refractivity contribution in [3.63, 3.8) is 0 Å². The predicted octanol–water partition coefficient (Wildman–Crippen LogP) is 3.97. The van der Waals surface area contributed by atoms with Crippen LogP contribution in [0.3, 0.4) is 0 Å². The Morgan fingerprint density at radius 1 is 1.38 bits per heavy atom. The van der Waals surface area contributed by atoms with Crippen LogP contribution in [0.5, 0.6) is 0 Å². The number of hydrogen-bond acceptors (Lipinski definition) is 5. The highest BCUT2D eigenvalue weighted by molar-refractivity contribution is 7.16. The minimum atomic E-state index is -0.474. The van der Waals surface area contributed by atoms with Gasteiger partial charge in [-0.15, -0.1) is 11.3 Å². The molecule has 1 aromatic carbocycles. The average Bonchev–Trinajstić information content (AvgIpc) is 2.91. The fourth-order valence-corrected chi connectivity index (χ4v) is 4.18. The molecule has 0 spiro atoms. The molecule has 1 N–H and O–H groups in total. The molecule has 2 aromatic rings. The van der Waals surface area contributed by atoms with Gasteiger partial charge < -0.3 is 5.32 Å². The second kappa shape index (κ2) is 6.42. The third-order valence-corrected chi connectivity index (χ3v) is 5.37. The van der Waals surface area contributed by atoms with Crippen LogP contribution in [0.2, 0.25) is 0 Å². The van der Waals surface area contributed by atoms with E-state index in [4.69, 9.17) is 0 Å². The zero-order valence-corrected chi connectivity index (χ0v) is 13.9.